The first-order valence-corrected chi connectivity index (χ1v) is 12.4. The number of aromatic nitrogens is 6. The minimum absolute atomic E-state index is 0.0618. The topological polar surface area (TPSA) is 112 Å². The quantitative estimate of drug-likeness (QED) is 0.234. The molecule has 0 atom stereocenters. The van der Waals surface area contributed by atoms with Crippen LogP contribution >= 0.6 is 11.3 Å². The van der Waals surface area contributed by atoms with Crippen LogP contribution < -0.4 is 5.32 Å². The van der Waals surface area contributed by atoms with E-state index in [9.17, 15) is 4.79 Å². The number of nitrogens with one attached hydrogen (secondary N) is 3. The van der Waals surface area contributed by atoms with E-state index in [2.05, 4.69) is 56.4 Å². The van der Waals surface area contributed by atoms with Gasteiger partial charge < -0.3 is 10.3 Å². The molecule has 9 heteroatoms. The van der Waals surface area contributed by atoms with Gasteiger partial charge >= 0.3 is 0 Å². The van der Waals surface area contributed by atoms with Crippen molar-refractivity contribution in [3.8, 4) is 33.1 Å². The molecule has 0 saturated heterocycles. The van der Waals surface area contributed by atoms with Gasteiger partial charge in [0.2, 0.25) is 0 Å². The fraction of sp³-hybridized carbons (Fsp3) is 0.148. The summed E-state index contributed by atoms with van der Waals surface area (Å²) in [5, 5.41) is 12.1. The number of aromatic amines is 2. The van der Waals surface area contributed by atoms with Crippen molar-refractivity contribution in [1.82, 2.24) is 30.1 Å². The third-order valence-corrected chi connectivity index (χ3v) is 7.14. The Hall–Kier alpha value is -4.37. The summed E-state index contributed by atoms with van der Waals surface area (Å²) in [5.74, 6) is 0.0618. The molecule has 0 saturated carbocycles. The minimum Gasteiger partial charge on any atom is -0.382 e. The van der Waals surface area contributed by atoms with E-state index in [0.29, 0.717) is 6.04 Å². The predicted molar refractivity (Wildman–Crippen MR) is 144 cm³/mol. The van der Waals surface area contributed by atoms with Gasteiger partial charge in [-0.25, -0.2) is 4.98 Å². The van der Waals surface area contributed by atoms with Crippen molar-refractivity contribution in [2.24, 2.45) is 0 Å². The molecule has 0 aliphatic carbocycles. The Labute approximate surface area is 210 Å². The Bertz CT molecular complexity index is 1740. The summed E-state index contributed by atoms with van der Waals surface area (Å²) in [6, 6.07) is 12.2. The van der Waals surface area contributed by atoms with Crippen molar-refractivity contribution in [3.05, 3.63) is 66.1 Å². The van der Waals surface area contributed by atoms with Crippen LogP contribution in [0.3, 0.4) is 0 Å². The lowest BCUT2D eigenvalue weighted by Gasteiger charge is -2.10. The number of Topliss-reactive ketones (excluding diaryl/α,β-unsaturated/α-hetero) is 1. The van der Waals surface area contributed by atoms with Gasteiger partial charge in [-0.3, -0.25) is 19.9 Å². The van der Waals surface area contributed by atoms with Gasteiger partial charge in [0.15, 0.2) is 5.78 Å². The van der Waals surface area contributed by atoms with Crippen LogP contribution in [0.15, 0.2) is 61.2 Å². The number of ketones is 1. The molecular formula is C27H23N7OS. The van der Waals surface area contributed by atoms with Gasteiger partial charge in [0.05, 0.1) is 39.2 Å². The minimum atomic E-state index is 0.0618. The van der Waals surface area contributed by atoms with Crippen LogP contribution in [0.5, 0.6) is 0 Å². The van der Waals surface area contributed by atoms with E-state index in [1.165, 1.54) is 11.3 Å². The lowest BCUT2D eigenvalue weighted by Crippen LogP contribution is -2.09. The highest BCUT2D eigenvalue weighted by atomic mass is 32.1. The van der Waals surface area contributed by atoms with Crippen LogP contribution in [0.25, 0.3) is 55.0 Å². The highest BCUT2D eigenvalue weighted by molar-refractivity contribution is 7.17. The first-order valence-electron chi connectivity index (χ1n) is 11.6. The zero-order valence-electron chi connectivity index (χ0n) is 20.0. The highest BCUT2D eigenvalue weighted by Crippen LogP contribution is 2.36. The second-order valence-corrected chi connectivity index (χ2v) is 10.1. The molecule has 36 heavy (non-hydrogen) atoms. The maximum absolute atomic E-state index is 11.8. The first kappa shape index (κ1) is 22.1. The van der Waals surface area contributed by atoms with E-state index >= 15 is 0 Å². The van der Waals surface area contributed by atoms with Crippen LogP contribution in [-0.2, 0) is 0 Å². The molecule has 0 aromatic carbocycles. The molecule has 8 nitrogen and oxygen atoms in total. The van der Waals surface area contributed by atoms with Crippen molar-refractivity contribution >= 4 is 44.7 Å². The van der Waals surface area contributed by atoms with Crippen molar-refractivity contribution < 1.29 is 4.79 Å². The molecule has 0 bridgehead atoms. The van der Waals surface area contributed by atoms with Crippen LogP contribution in [-0.4, -0.2) is 42.0 Å². The van der Waals surface area contributed by atoms with Gasteiger partial charge in [0.1, 0.15) is 11.2 Å². The second-order valence-electron chi connectivity index (χ2n) is 8.98. The maximum atomic E-state index is 11.8. The Balaban J connectivity index is 1.43. The van der Waals surface area contributed by atoms with Gasteiger partial charge in [0.25, 0.3) is 0 Å². The molecule has 6 heterocycles. The molecule has 6 aromatic heterocycles. The fourth-order valence-electron chi connectivity index (χ4n) is 4.29. The smallest absolute Gasteiger partial charge is 0.169 e. The largest absolute Gasteiger partial charge is 0.382 e. The number of rotatable bonds is 6. The zero-order valence-corrected chi connectivity index (χ0v) is 20.8. The van der Waals surface area contributed by atoms with E-state index in [4.69, 9.17) is 4.98 Å². The third-order valence-electron chi connectivity index (χ3n) is 5.92. The van der Waals surface area contributed by atoms with E-state index in [1.807, 2.05) is 42.9 Å². The van der Waals surface area contributed by atoms with Crippen molar-refractivity contribution in [3.63, 3.8) is 0 Å². The molecule has 0 aliphatic rings. The lowest BCUT2D eigenvalue weighted by atomic mass is 10.1. The Kier molecular flexibility index (Phi) is 5.34. The number of thiophene rings is 1. The number of pyridine rings is 3. The predicted octanol–water partition coefficient (Wildman–Crippen LogP) is 6.31. The summed E-state index contributed by atoms with van der Waals surface area (Å²) in [6.45, 7) is 5.77. The van der Waals surface area contributed by atoms with Gasteiger partial charge in [-0.1, -0.05) is 0 Å². The molecule has 0 fully saturated rings. The van der Waals surface area contributed by atoms with Crippen molar-refractivity contribution in [2.75, 3.05) is 5.32 Å². The molecule has 6 rings (SSSR count). The van der Waals surface area contributed by atoms with E-state index in [0.717, 1.165) is 65.6 Å². The number of fused-ring (bicyclic) bond motifs is 2. The van der Waals surface area contributed by atoms with Gasteiger partial charge in [-0.2, -0.15) is 5.10 Å². The number of nitrogens with zero attached hydrogens (tertiary/aromatic N) is 4. The standard InChI is InChI=1S/C27H23N7OS/c1-14(2)30-17-8-16(10-28-11-17)20-4-5-21-26(32-20)27(34-33-21)22-9-18-19(12-29-13-23(18)31-22)25-7-6-24(36-25)15(3)35/h4-14,30-31H,1-3H3,(H,33,34). The van der Waals surface area contributed by atoms with Gasteiger partial charge in [-0.05, 0) is 57.2 Å². The van der Waals surface area contributed by atoms with E-state index < -0.39 is 0 Å². The summed E-state index contributed by atoms with van der Waals surface area (Å²) in [4.78, 5) is 30.7. The van der Waals surface area contributed by atoms with Crippen LogP contribution in [0.1, 0.15) is 30.4 Å². The normalized spacial score (nSPS) is 11.6. The summed E-state index contributed by atoms with van der Waals surface area (Å²) < 4.78 is 0. The SMILES string of the molecule is CC(=O)c1ccc(-c2cncc3[nH]c(-c4n[nH]c5ccc(-c6cncc(NC(C)C)c6)nc45)cc23)s1. The molecule has 0 spiro atoms. The maximum Gasteiger partial charge on any atom is 0.169 e. The van der Waals surface area contributed by atoms with Crippen LogP contribution in [0, 0.1) is 0 Å². The Morgan fingerprint density at radius 3 is 2.67 bits per heavy atom. The zero-order chi connectivity index (χ0) is 24.8. The molecule has 6 aromatic rings. The van der Waals surface area contributed by atoms with E-state index in [-0.39, 0.29) is 5.78 Å². The third kappa shape index (κ3) is 3.93. The first-order chi connectivity index (χ1) is 17.5. The van der Waals surface area contributed by atoms with Gasteiger partial charge in [0, 0.05) is 46.0 Å². The lowest BCUT2D eigenvalue weighted by molar-refractivity contribution is 0.102. The fourth-order valence-corrected chi connectivity index (χ4v) is 5.21. The number of carbonyl (C=O) groups is 1. The highest BCUT2D eigenvalue weighted by Gasteiger charge is 2.17. The summed E-state index contributed by atoms with van der Waals surface area (Å²) >= 11 is 1.47. The average Bonchev–Trinajstić information content (AvgIpc) is 3.60. The molecular weight excluding hydrogens is 470 g/mol. The van der Waals surface area contributed by atoms with Gasteiger partial charge in [-0.15, -0.1) is 11.3 Å². The average molecular weight is 494 g/mol. The molecule has 0 unspecified atom stereocenters. The Morgan fingerprint density at radius 2 is 1.86 bits per heavy atom. The number of H-pyrrole nitrogens is 2. The number of hydrogen-bond acceptors (Lipinski definition) is 7. The molecule has 0 amide bonds. The monoisotopic (exact) mass is 493 g/mol. The van der Waals surface area contributed by atoms with Crippen LogP contribution in [0.2, 0.25) is 0 Å². The molecule has 3 N–H and O–H groups in total. The van der Waals surface area contributed by atoms with E-state index in [1.54, 1.807) is 13.1 Å². The summed E-state index contributed by atoms with van der Waals surface area (Å²) in [5.41, 5.74) is 7.75. The number of hydrogen-bond donors (Lipinski definition) is 3. The number of anilines is 1. The van der Waals surface area contributed by atoms with Crippen molar-refractivity contribution in [1.29, 1.82) is 0 Å². The molecule has 178 valence electrons. The Morgan fingerprint density at radius 1 is 1.00 bits per heavy atom. The van der Waals surface area contributed by atoms with Crippen molar-refractivity contribution in [2.45, 2.75) is 26.8 Å². The second kappa shape index (κ2) is 8.69. The number of carbonyl (C=O) groups excluding carboxylic acids is 1. The molecule has 0 aliphatic heterocycles. The van der Waals surface area contributed by atoms with Crippen LogP contribution in [0.4, 0.5) is 5.69 Å². The summed E-state index contributed by atoms with van der Waals surface area (Å²) in [6.07, 6.45) is 7.26. The summed E-state index contributed by atoms with van der Waals surface area (Å²) in [7, 11) is 0. The molecule has 0 radical (unpaired) electrons.